The minimum atomic E-state index is -0.446. The van der Waals surface area contributed by atoms with Crippen LogP contribution in [0, 0.1) is 6.92 Å². The summed E-state index contributed by atoms with van der Waals surface area (Å²) in [5, 5.41) is 0.563. The van der Waals surface area contributed by atoms with Gasteiger partial charge in [0.05, 0.1) is 16.6 Å². The molecule has 0 amide bonds. The number of hydrogen-bond acceptors (Lipinski definition) is 3. The number of carbonyl (C=O) groups excluding carboxylic acids is 1. The van der Waals surface area contributed by atoms with Gasteiger partial charge in [-0.25, -0.2) is 4.79 Å². The van der Waals surface area contributed by atoms with Crippen molar-refractivity contribution in [2.75, 3.05) is 6.61 Å². The van der Waals surface area contributed by atoms with Gasteiger partial charge < -0.3 is 9.47 Å². The maximum atomic E-state index is 12.1. The topological polar surface area (TPSA) is 35.5 Å². The van der Waals surface area contributed by atoms with Crippen molar-refractivity contribution in [2.45, 2.75) is 13.8 Å². The van der Waals surface area contributed by atoms with E-state index in [2.05, 4.69) is 15.9 Å². The summed E-state index contributed by atoms with van der Waals surface area (Å²) in [6.45, 7) is 4.34. The Morgan fingerprint density at radius 2 is 2.00 bits per heavy atom. The maximum absolute atomic E-state index is 12.1. The first-order valence-electron chi connectivity index (χ1n) is 6.42. The van der Waals surface area contributed by atoms with E-state index < -0.39 is 5.97 Å². The number of ether oxygens (including phenoxy) is 2. The van der Waals surface area contributed by atoms with Crippen LogP contribution in [0.25, 0.3) is 0 Å². The molecule has 110 valence electrons. The zero-order valence-electron chi connectivity index (χ0n) is 11.7. The van der Waals surface area contributed by atoms with Gasteiger partial charge in [0, 0.05) is 5.02 Å². The van der Waals surface area contributed by atoms with Gasteiger partial charge in [0.2, 0.25) is 0 Å². The van der Waals surface area contributed by atoms with Gasteiger partial charge in [-0.2, -0.15) is 0 Å². The Labute approximate surface area is 137 Å². The highest BCUT2D eigenvalue weighted by Crippen LogP contribution is 2.27. The average Bonchev–Trinajstić information content (AvgIpc) is 2.45. The highest BCUT2D eigenvalue weighted by molar-refractivity contribution is 9.10. The molecule has 0 fully saturated rings. The molecule has 2 rings (SSSR count). The Morgan fingerprint density at radius 3 is 2.62 bits per heavy atom. The quantitative estimate of drug-likeness (QED) is 0.560. The second-order valence-corrected chi connectivity index (χ2v) is 5.64. The van der Waals surface area contributed by atoms with Crippen LogP contribution in [-0.4, -0.2) is 12.6 Å². The highest BCUT2D eigenvalue weighted by Gasteiger charge is 2.12. The lowest BCUT2D eigenvalue weighted by atomic mass is 10.2. The van der Waals surface area contributed by atoms with E-state index in [1.54, 1.807) is 36.4 Å². The molecule has 0 saturated carbocycles. The van der Waals surface area contributed by atoms with Gasteiger partial charge in [0.15, 0.2) is 0 Å². The predicted octanol–water partition coefficient (Wildman–Crippen LogP) is 5.03. The van der Waals surface area contributed by atoms with Gasteiger partial charge in [0.1, 0.15) is 11.5 Å². The summed E-state index contributed by atoms with van der Waals surface area (Å²) >= 11 is 9.38. The van der Waals surface area contributed by atoms with Crippen LogP contribution in [0.4, 0.5) is 0 Å². The van der Waals surface area contributed by atoms with E-state index in [1.165, 1.54) is 0 Å². The summed E-state index contributed by atoms with van der Waals surface area (Å²) in [4.78, 5) is 12.1. The zero-order valence-corrected chi connectivity index (χ0v) is 14.0. The number of benzene rings is 2. The van der Waals surface area contributed by atoms with Crippen molar-refractivity contribution in [1.82, 2.24) is 0 Å². The fraction of sp³-hybridized carbons (Fsp3) is 0.188. The number of hydrogen-bond donors (Lipinski definition) is 0. The molecule has 0 spiro atoms. The van der Waals surface area contributed by atoms with Crippen molar-refractivity contribution in [1.29, 1.82) is 0 Å². The molecule has 2 aromatic rings. The number of aryl methyl sites for hydroxylation is 1. The Kier molecular flexibility index (Phi) is 5.26. The van der Waals surface area contributed by atoms with Crippen LogP contribution in [-0.2, 0) is 0 Å². The number of esters is 1. The molecule has 0 aliphatic rings. The monoisotopic (exact) mass is 368 g/mol. The van der Waals surface area contributed by atoms with E-state index in [0.717, 1.165) is 5.56 Å². The van der Waals surface area contributed by atoms with Crippen molar-refractivity contribution in [3.05, 3.63) is 57.0 Å². The summed E-state index contributed by atoms with van der Waals surface area (Å²) in [5.41, 5.74) is 1.36. The molecule has 0 unspecified atom stereocenters. The van der Waals surface area contributed by atoms with Gasteiger partial charge in [-0.15, -0.1) is 0 Å². The average molecular weight is 370 g/mol. The Bertz CT molecular complexity index is 671. The first-order chi connectivity index (χ1) is 10.0. The molecule has 0 aromatic heterocycles. The second kappa shape index (κ2) is 6.96. The zero-order chi connectivity index (χ0) is 15.4. The fourth-order valence-electron chi connectivity index (χ4n) is 1.70. The molecule has 21 heavy (non-hydrogen) atoms. The summed E-state index contributed by atoms with van der Waals surface area (Å²) in [6.07, 6.45) is 0. The molecular weight excluding hydrogens is 356 g/mol. The van der Waals surface area contributed by atoms with Crippen molar-refractivity contribution in [3.63, 3.8) is 0 Å². The maximum Gasteiger partial charge on any atom is 0.343 e. The number of rotatable bonds is 4. The summed E-state index contributed by atoms with van der Waals surface area (Å²) < 4.78 is 11.4. The van der Waals surface area contributed by atoms with Crippen LogP contribution in [0.3, 0.4) is 0 Å². The van der Waals surface area contributed by atoms with Crippen LogP contribution in [0.2, 0.25) is 5.02 Å². The molecule has 0 heterocycles. The standard InChI is InChI=1S/C16H14BrClO3/c1-3-20-15-7-5-11(8-13(15)17)16(19)21-12-6-4-10(2)14(18)9-12/h4-9H,3H2,1-2H3. The molecule has 5 heteroatoms. The van der Waals surface area contributed by atoms with E-state index >= 15 is 0 Å². The van der Waals surface area contributed by atoms with Gasteiger partial charge in [-0.05, 0) is 65.7 Å². The van der Waals surface area contributed by atoms with Crippen molar-refractivity contribution in [3.8, 4) is 11.5 Å². The normalized spacial score (nSPS) is 10.3. The predicted molar refractivity (Wildman–Crippen MR) is 86.5 cm³/mol. The lowest BCUT2D eigenvalue weighted by Crippen LogP contribution is -2.08. The molecule has 3 nitrogen and oxygen atoms in total. The van der Waals surface area contributed by atoms with Crippen LogP contribution in [0.1, 0.15) is 22.8 Å². The van der Waals surface area contributed by atoms with Gasteiger partial charge in [-0.3, -0.25) is 0 Å². The molecule has 0 saturated heterocycles. The third kappa shape index (κ3) is 3.99. The number of halogens is 2. The molecule has 0 radical (unpaired) electrons. The van der Waals surface area contributed by atoms with E-state index in [1.807, 2.05) is 13.8 Å². The van der Waals surface area contributed by atoms with E-state index in [4.69, 9.17) is 21.1 Å². The van der Waals surface area contributed by atoms with E-state index in [-0.39, 0.29) is 0 Å². The molecule has 0 atom stereocenters. The molecule has 0 aliphatic carbocycles. The SMILES string of the molecule is CCOc1ccc(C(=O)Oc2ccc(C)c(Cl)c2)cc1Br. The third-order valence-electron chi connectivity index (χ3n) is 2.82. The van der Waals surface area contributed by atoms with Crippen molar-refractivity contribution < 1.29 is 14.3 Å². The van der Waals surface area contributed by atoms with Crippen molar-refractivity contribution in [2.24, 2.45) is 0 Å². The summed E-state index contributed by atoms with van der Waals surface area (Å²) in [5.74, 6) is 0.659. The minimum absolute atomic E-state index is 0.417. The van der Waals surface area contributed by atoms with Gasteiger partial charge in [-0.1, -0.05) is 17.7 Å². The summed E-state index contributed by atoms with van der Waals surface area (Å²) in [7, 11) is 0. The highest BCUT2D eigenvalue weighted by atomic mass is 79.9. The fourth-order valence-corrected chi connectivity index (χ4v) is 2.37. The smallest absolute Gasteiger partial charge is 0.343 e. The van der Waals surface area contributed by atoms with Crippen LogP contribution in [0.15, 0.2) is 40.9 Å². The Hall–Kier alpha value is -1.52. The lowest BCUT2D eigenvalue weighted by molar-refractivity contribution is 0.0734. The van der Waals surface area contributed by atoms with Crippen LogP contribution < -0.4 is 9.47 Å². The molecular formula is C16H14BrClO3. The molecule has 0 N–H and O–H groups in total. The second-order valence-electron chi connectivity index (χ2n) is 4.38. The number of carbonyl (C=O) groups is 1. The third-order valence-corrected chi connectivity index (χ3v) is 3.85. The van der Waals surface area contributed by atoms with E-state index in [0.29, 0.717) is 33.2 Å². The molecule has 0 bridgehead atoms. The first-order valence-corrected chi connectivity index (χ1v) is 7.59. The molecule has 0 aliphatic heterocycles. The largest absolute Gasteiger partial charge is 0.493 e. The lowest BCUT2D eigenvalue weighted by Gasteiger charge is -2.09. The van der Waals surface area contributed by atoms with Crippen LogP contribution in [0.5, 0.6) is 11.5 Å². The Morgan fingerprint density at radius 1 is 1.24 bits per heavy atom. The van der Waals surface area contributed by atoms with E-state index in [9.17, 15) is 4.79 Å². The summed E-state index contributed by atoms with van der Waals surface area (Å²) in [6, 6.07) is 10.2. The van der Waals surface area contributed by atoms with Crippen LogP contribution >= 0.6 is 27.5 Å². The van der Waals surface area contributed by atoms with Gasteiger partial charge >= 0.3 is 5.97 Å². The van der Waals surface area contributed by atoms with Gasteiger partial charge in [0.25, 0.3) is 0 Å². The minimum Gasteiger partial charge on any atom is -0.493 e. The first kappa shape index (κ1) is 15.9. The molecule has 2 aromatic carbocycles. The Balaban J connectivity index is 2.16. The van der Waals surface area contributed by atoms with Crippen molar-refractivity contribution >= 4 is 33.5 Å².